The molecule has 0 saturated carbocycles. The van der Waals surface area contributed by atoms with Crippen molar-refractivity contribution < 1.29 is 24.2 Å². The summed E-state index contributed by atoms with van der Waals surface area (Å²) >= 11 is 0. The van der Waals surface area contributed by atoms with E-state index >= 15 is 0 Å². The van der Waals surface area contributed by atoms with Gasteiger partial charge in [-0.25, -0.2) is 0 Å². The van der Waals surface area contributed by atoms with Gasteiger partial charge in [0.25, 0.3) is 0 Å². The fourth-order valence-corrected chi connectivity index (χ4v) is 4.81. The number of unbranched alkanes of at least 4 members (excludes halogenated alkanes) is 11. The van der Waals surface area contributed by atoms with Crippen LogP contribution in [-0.4, -0.2) is 36.4 Å². The Bertz CT molecular complexity index is 995. The van der Waals surface area contributed by atoms with E-state index in [1.54, 1.807) is 0 Å². The van der Waals surface area contributed by atoms with Crippen molar-refractivity contribution in [2.24, 2.45) is 0 Å². The van der Waals surface area contributed by atoms with Gasteiger partial charge in [-0.3, -0.25) is 9.59 Å². The van der Waals surface area contributed by atoms with Crippen molar-refractivity contribution in [1.29, 1.82) is 0 Å². The molecule has 0 spiro atoms. The molecule has 0 saturated heterocycles. The topological polar surface area (TPSA) is 72.8 Å². The van der Waals surface area contributed by atoms with Gasteiger partial charge in [-0.15, -0.1) is 0 Å². The number of aliphatic hydroxyl groups is 1. The van der Waals surface area contributed by atoms with E-state index in [4.69, 9.17) is 9.47 Å². The first-order valence-corrected chi connectivity index (χ1v) is 19.3. The SMILES string of the molecule is CC/C=C/C=C/C=C/CCCCCCCC(=O)OCC(CO)OC(=O)CCCCCCCC/C=C/C/C=C/C/C=C/C/C=C/C/C=C/CC. The standard InChI is InChI=1S/C44H70O5/c1-3-5-7-9-11-13-15-17-18-19-20-21-22-23-24-25-27-29-31-33-35-37-39-44(47)49-42(40-45)41-48-43(46)38-36-34-32-30-28-26-16-14-12-10-8-6-4-2/h5-8,10-14,16-18,20-21,23-24,42,45H,3-4,9,15,19,22,25-41H2,1-2H3/b7-5+,8-6+,12-10+,13-11+,16-14+,18-17+,21-20+,24-23+. The van der Waals surface area contributed by atoms with Crippen LogP contribution in [0.3, 0.4) is 0 Å². The summed E-state index contributed by atoms with van der Waals surface area (Å²) in [5, 5.41) is 9.54. The monoisotopic (exact) mass is 679 g/mol. The summed E-state index contributed by atoms with van der Waals surface area (Å²) in [4.78, 5) is 24.2. The summed E-state index contributed by atoms with van der Waals surface area (Å²) in [6.45, 7) is 3.84. The molecular weight excluding hydrogens is 608 g/mol. The van der Waals surface area contributed by atoms with Crippen LogP contribution < -0.4 is 0 Å². The molecule has 0 aliphatic heterocycles. The third-order valence-corrected chi connectivity index (χ3v) is 7.68. The van der Waals surface area contributed by atoms with E-state index < -0.39 is 6.10 Å². The number of aliphatic hydroxyl groups excluding tert-OH is 1. The third-order valence-electron chi connectivity index (χ3n) is 7.68. The van der Waals surface area contributed by atoms with Crippen molar-refractivity contribution in [3.8, 4) is 0 Å². The van der Waals surface area contributed by atoms with Crippen LogP contribution in [0.2, 0.25) is 0 Å². The lowest BCUT2D eigenvalue weighted by atomic mass is 10.1. The highest BCUT2D eigenvalue weighted by molar-refractivity contribution is 5.70. The molecule has 0 aliphatic rings. The van der Waals surface area contributed by atoms with E-state index in [1.807, 2.05) is 6.08 Å². The summed E-state index contributed by atoms with van der Waals surface area (Å²) in [7, 11) is 0. The average Bonchev–Trinajstić information content (AvgIpc) is 3.10. The lowest BCUT2D eigenvalue weighted by Crippen LogP contribution is -2.28. The summed E-state index contributed by atoms with van der Waals surface area (Å²) in [6.07, 6.45) is 54.6. The van der Waals surface area contributed by atoms with Gasteiger partial charge in [0.2, 0.25) is 0 Å². The van der Waals surface area contributed by atoms with Crippen LogP contribution in [0.25, 0.3) is 0 Å². The van der Waals surface area contributed by atoms with Gasteiger partial charge in [-0.05, 0) is 77.0 Å². The normalized spacial score (nSPS) is 13.3. The Hall–Kier alpha value is -3.18. The van der Waals surface area contributed by atoms with Crippen LogP contribution in [0.4, 0.5) is 0 Å². The quantitative estimate of drug-likeness (QED) is 0.0324. The van der Waals surface area contributed by atoms with Crippen molar-refractivity contribution in [1.82, 2.24) is 0 Å². The Kier molecular flexibility index (Phi) is 36.7. The van der Waals surface area contributed by atoms with E-state index in [9.17, 15) is 14.7 Å². The number of carbonyl (C=O) groups is 2. The molecule has 0 fully saturated rings. The zero-order valence-electron chi connectivity index (χ0n) is 31.2. The van der Waals surface area contributed by atoms with Gasteiger partial charge >= 0.3 is 11.9 Å². The van der Waals surface area contributed by atoms with Crippen LogP contribution >= 0.6 is 0 Å². The highest BCUT2D eigenvalue weighted by Crippen LogP contribution is 2.11. The van der Waals surface area contributed by atoms with Gasteiger partial charge in [0.05, 0.1) is 6.61 Å². The van der Waals surface area contributed by atoms with Gasteiger partial charge in [0.15, 0.2) is 6.10 Å². The molecule has 0 aromatic heterocycles. The average molecular weight is 679 g/mol. The summed E-state index contributed by atoms with van der Waals surface area (Å²) in [6, 6.07) is 0. The number of hydrogen-bond acceptors (Lipinski definition) is 5. The van der Waals surface area contributed by atoms with Crippen molar-refractivity contribution >= 4 is 11.9 Å². The minimum absolute atomic E-state index is 0.0893. The minimum atomic E-state index is -0.794. The van der Waals surface area contributed by atoms with Crippen LogP contribution in [0, 0.1) is 0 Å². The summed E-state index contributed by atoms with van der Waals surface area (Å²) in [5.41, 5.74) is 0. The molecule has 0 aromatic rings. The second kappa shape index (κ2) is 39.3. The minimum Gasteiger partial charge on any atom is -0.462 e. The second-order valence-electron chi connectivity index (χ2n) is 12.3. The van der Waals surface area contributed by atoms with Crippen LogP contribution in [-0.2, 0) is 19.1 Å². The first-order chi connectivity index (χ1) is 24.1. The van der Waals surface area contributed by atoms with Crippen molar-refractivity contribution in [2.45, 2.75) is 155 Å². The highest BCUT2D eigenvalue weighted by atomic mass is 16.6. The molecule has 276 valence electrons. The maximum Gasteiger partial charge on any atom is 0.306 e. The number of ether oxygens (including phenoxy) is 2. The van der Waals surface area contributed by atoms with E-state index in [2.05, 4.69) is 105 Å². The van der Waals surface area contributed by atoms with E-state index in [0.29, 0.717) is 12.8 Å². The largest absolute Gasteiger partial charge is 0.462 e. The molecule has 0 heterocycles. The van der Waals surface area contributed by atoms with Gasteiger partial charge < -0.3 is 14.6 Å². The Balaban J connectivity index is 3.66. The fraction of sp³-hybridized carbons (Fsp3) is 0.591. The van der Waals surface area contributed by atoms with Gasteiger partial charge in [0, 0.05) is 12.8 Å². The molecule has 0 rings (SSSR count). The predicted molar refractivity (Wildman–Crippen MR) is 209 cm³/mol. The zero-order valence-corrected chi connectivity index (χ0v) is 31.2. The second-order valence-corrected chi connectivity index (χ2v) is 12.3. The van der Waals surface area contributed by atoms with Crippen LogP contribution in [0.5, 0.6) is 0 Å². The fourth-order valence-electron chi connectivity index (χ4n) is 4.81. The molecule has 0 radical (unpaired) electrons. The number of allylic oxidation sites excluding steroid dienone is 16. The smallest absolute Gasteiger partial charge is 0.306 e. The molecule has 1 N–H and O–H groups in total. The van der Waals surface area contributed by atoms with Gasteiger partial charge in [0.1, 0.15) is 6.61 Å². The lowest BCUT2D eigenvalue weighted by molar-refractivity contribution is -0.161. The van der Waals surface area contributed by atoms with Crippen molar-refractivity contribution in [2.75, 3.05) is 13.2 Å². The van der Waals surface area contributed by atoms with Crippen molar-refractivity contribution in [3.63, 3.8) is 0 Å². The molecule has 0 amide bonds. The summed E-state index contributed by atoms with van der Waals surface area (Å²) < 4.78 is 10.6. The molecule has 5 nitrogen and oxygen atoms in total. The number of esters is 2. The Morgan fingerprint density at radius 3 is 1.45 bits per heavy atom. The molecule has 1 atom stereocenters. The lowest BCUT2D eigenvalue weighted by Gasteiger charge is -2.15. The van der Waals surface area contributed by atoms with Crippen LogP contribution in [0.15, 0.2) is 97.2 Å². The predicted octanol–water partition coefficient (Wildman–Crippen LogP) is 12.1. The molecule has 0 aliphatic carbocycles. The highest BCUT2D eigenvalue weighted by Gasteiger charge is 2.16. The Morgan fingerprint density at radius 1 is 0.490 bits per heavy atom. The molecular formula is C44H70O5. The molecule has 49 heavy (non-hydrogen) atoms. The molecule has 0 aromatic carbocycles. The Labute approximate surface area is 300 Å². The number of hydrogen-bond donors (Lipinski definition) is 1. The molecule has 5 heteroatoms. The maximum atomic E-state index is 12.2. The maximum absolute atomic E-state index is 12.2. The van der Waals surface area contributed by atoms with E-state index in [0.717, 1.165) is 103 Å². The zero-order chi connectivity index (χ0) is 35.7. The number of carbonyl (C=O) groups excluding carboxylic acids is 2. The van der Waals surface area contributed by atoms with E-state index in [-0.39, 0.29) is 25.2 Å². The van der Waals surface area contributed by atoms with Crippen LogP contribution in [0.1, 0.15) is 149 Å². The molecule has 1 unspecified atom stereocenters. The Morgan fingerprint density at radius 2 is 0.918 bits per heavy atom. The summed E-state index contributed by atoms with van der Waals surface area (Å²) in [5.74, 6) is -0.643. The van der Waals surface area contributed by atoms with Gasteiger partial charge in [-0.2, -0.15) is 0 Å². The van der Waals surface area contributed by atoms with Gasteiger partial charge in [-0.1, -0.05) is 156 Å². The molecule has 0 bridgehead atoms. The van der Waals surface area contributed by atoms with E-state index in [1.165, 1.54) is 19.3 Å². The number of rotatable bonds is 33. The first kappa shape index (κ1) is 45.8. The van der Waals surface area contributed by atoms with Crippen molar-refractivity contribution in [3.05, 3.63) is 97.2 Å². The first-order valence-electron chi connectivity index (χ1n) is 19.3. The third kappa shape index (κ3) is 37.5.